The second-order valence-electron chi connectivity index (χ2n) is 4.58. The number of rotatable bonds is 3. The summed E-state index contributed by atoms with van der Waals surface area (Å²) in [6.07, 6.45) is 1.06. The maximum atomic E-state index is 12.0. The van der Waals surface area contributed by atoms with Gasteiger partial charge in [-0.25, -0.2) is 4.79 Å². The minimum Gasteiger partial charge on any atom is -0.354 e. The minimum atomic E-state index is -0.653. The highest BCUT2D eigenvalue weighted by molar-refractivity contribution is 5.95. The zero-order chi connectivity index (χ0) is 14.5. The van der Waals surface area contributed by atoms with Crippen molar-refractivity contribution in [2.24, 2.45) is 5.73 Å². The molecule has 1 heterocycles. The smallest absolute Gasteiger partial charge is 0.316 e. The van der Waals surface area contributed by atoms with Crippen LogP contribution in [0.5, 0.6) is 0 Å². The van der Waals surface area contributed by atoms with E-state index in [0.29, 0.717) is 30.6 Å². The molecule has 7 nitrogen and oxygen atoms in total. The van der Waals surface area contributed by atoms with E-state index in [1.807, 2.05) is 0 Å². The second kappa shape index (κ2) is 6.05. The van der Waals surface area contributed by atoms with Gasteiger partial charge in [-0.2, -0.15) is 0 Å². The molecule has 1 fully saturated rings. The van der Waals surface area contributed by atoms with Crippen LogP contribution in [0.1, 0.15) is 23.2 Å². The van der Waals surface area contributed by atoms with E-state index in [-0.39, 0.29) is 17.9 Å². The third-order valence-electron chi connectivity index (χ3n) is 3.02. The standard InChI is InChI=1S/C13H16N4O3/c14-13(20)17-9-3-1-8(2-4-9)12(19)16-10-5-6-11(18)15-7-10/h1-4,10H,5-7H2,(H,15,18)(H,16,19)(H3,14,17,20). The molecule has 1 aliphatic rings. The van der Waals surface area contributed by atoms with Gasteiger partial charge in [0.25, 0.3) is 5.91 Å². The van der Waals surface area contributed by atoms with E-state index in [1.165, 1.54) is 0 Å². The lowest BCUT2D eigenvalue weighted by molar-refractivity contribution is -0.122. The summed E-state index contributed by atoms with van der Waals surface area (Å²) in [5.41, 5.74) is 6.00. The van der Waals surface area contributed by atoms with Gasteiger partial charge in [0, 0.05) is 30.3 Å². The number of nitrogens with one attached hydrogen (secondary N) is 3. The number of carbonyl (C=O) groups is 3. The van der Waals surface area contributed by atoms with Gasteiger partial charge in [-0.05, 0) is 30.7 Å². The lowest BCUT2D eigenvalue weighted by Crippen LogP contribution is -2.47. The number of carbonyl (C=O) groups excluding carboxylic acids is 3. The Morgan fingerprint density at radius 1 is 1.25 bits per heavy atom. The minimum absolute atomic E-state index is 0.0115. The van der Waals surface area contributed by atoms with Gasteiger partial charge in [0.05, 0.1) is 0 Å². The van der Waals surface area contributed by atoms with Crippen LogP contribution in [0.2, 0.25) is 0 Å². The van der Waals surface area contributed by atoms with E-state index in [9.17, 15) is 14.4 Å². The zero-order valence-corrected chi connectivity index (χ0v) is 10.8. The van der Waals surface area contributed by atoms with Gasteiger partial charge < -0.3 is 21.7 Å². The molecule has 2 rings (SSSR count). The normalized spacial score (nSPS) is 18.0. The Hall–Kier alpha value is -2.57. The first-order chi connectivity index (χ1) is 9.54. The van der Waals surface area contributed by atoms with Gasteiger partial charge in [-0.15, -0.1) is 0 Å². The fourth-order valence-corrected chi connectivity index (χ4v) is 1.97. The summed E-state index contributed by atoms with van der Waals surface area (Å²) < 4.78 is 0. The highest BCUT2D eigenvalue weighted by atomic mass is 16.2. The number of nitrogens with two attached hydrogens (primary N) is 1. The van der Waals surface area contributed by atoms with Crippen LogP contribution in [-0.2, 0) is 4.79 Å². The van der Waals surface area contributed by atoms with Crippen molar-refractivity contribution in [2.45, 2.75) is 18.9 Å². The Bertz CT molecular complexity index is 517. The summed E-state index contributed by atoms with van der Waals surface area (Å²) in [6, 6.07) is 5.69. The predicted octanol–water partition coefficient (Wildman–Crippen LogP) is 0.186. The van der Waals surface area contributed by atoms with Crippen LogP contribution < -0.4 is 21.7 Å². The molecule has 1 aliphatic heterocycles. The van der Waals surface area contributed by atoms with Crippen LogP contribution in [-0.4, -0.2) is 30.4 Å². The molecule has 1 aromatic carbocycles. The number of amides is 4. The van der Waals surface area contributed by atoms with Crippen molar-refractivity contribution < 1.29 is 14.4 Å². The number of urea groups is 1. The molecule has 4 amide bonds. The molecule has 0 saturated carbocycles. The fraction of sp³-hybridized carbons (Fsp3) is 0.308. The van der Waals surface area contributed by atoms with Crippen molar-refractivity contribution >= 4 is 23.5 Å². The van der Waals surface area contributed by atoms with Crippen molar-refractivity contribution in [1.82, 2.24) is 10.6 Å². The summed E-state index contributed by atoms with van der Waals surface area (Å²) in [5, 5.41) is 7.97. The van der Waals surface area contributed by atoms with E-state index in [2.05, 4.69) is 16.0 Å². The van der Waals surface area contributed by atoms with Crippen LogP contribution in [0.15, 0.2) is 24.3 Å². The summed E-state index contributed by atoms with van der Waals surface area (Å²) >= 11 is 0. The van der Waals surface area contributed by atoms with Crippen molar-refractivity contribution in [1.29, 1.82) is 0 Å². The molecule has 0 aliphatic carbocycles. The van der Waals surface area contributed by atoms with E-state index in [1.54, 1.807) is 24.3 Å². The predicted molar refractivity (Wildman–Crippen MR) is 73.1 cm³/mol. The highest BCUT2D eigenvalue weighted by Gasteiger charge is 2.20. The van der Waals surface area contributed by atoms with Crippen LogP contribution >= 0.6 is 0 Å². The highest BCUT2D eigenvalue weighted by Crippen LogP contribution is 2.10. The van der Waals surface area contributed by atoms with Gasteiger partial charge in [-0.1, -0.05) is 0 Å². The SMILES string of the molecule is NC(=O)Nc1ccc(C(=O)NC2CCC(=O)NC2)cc1. The molecule has 7 heteroatoms. The third kappa shape index (κ3) is 3.71. The van der Waals surface area contributed by atoms with Crippen molar-refractivity contribution in [2.75, 3.05) is 11.9 Å². The summed E-state index contributed by atoms with van der Waals surface area (Å²) in [5.74, 6) is -0.200. The van der Waals surface area contributed by atoms with Crippen LogP contribution in [0.4, 0.5) is 10.5 Å². The molecule has 0 spiro atoms. The summed E-state index contributed by atoms with van der Waals surface area (Å²) in [6.45, 7) is 0.450. The van der Waals surface area contributed by atoms with Crippen molar-refractivity contribution in [3.05, 3.63) is 29.8 Å². The van der Waals surface area contributed by atoms with Gasteiger partial charge in [-0.3, -0.25) is 9.59 Å². The molecule has 1 unspecified atom stereocenters. The molecule has 0 radical (unpaired) electrons. The number of piperidine rings is 1. The average molecular weight is 276 g/mol. The first-order valence-electron chi connectivity index (χ1n) is 6.28. The van der Waals surface area contributed by atoms with Gasteiger partial charge in [0.15, 0.2) is 0 Å². The Balaban J connectivity index is 1.92. The largest absolute Gasteiger partial charge is 0.354 e. The first kappa shape index (κ1) is 13.9. The molecule has 1 saturated heterocycles. The number of anilines is 1. The molecule has 0 aromatic heterocycles. The number of benzene rings is 1. The first-order valence-corrected chi connectivity index (χ1v) is 6.28. The Morgan fingerprint density at radius 2 is 1.95 bits per heavy atom. The Morgan fingerprint density at radius 3 is 2.50 bits per heavy atom. The quantitative estimate of drug-likeness (QED) is 0.631. The van der Waals surface area contributed by atoms with Gasteiger partial charge in [0.2, 0.25) is 5.91 Å². The van der Waals surface area contributed by atoms with Crippen molar-refractivity contribution in [3.8, 4) is 0 Å². The maximum absolute atomic E-state index is 12.0. The molecule has 106 valence electrons. The molecule has 1 atom stereocenters. The monoisotopic (exact) mass is 276 g/mol. The average Bonchev–Trinajstić information content (AvgIpc) is 2.41. The Labute approximate surface area is 115 Å². The summed E-state index contributed by atoms with van der Waals surface area (Å²) in [4.78, 5) is 33.7. The summed E-state index contributed by atoms with van der Waals surface area (Å²) in [7, 11) is 0. The second-order valence-corrected chi connectivity index (χ2v) is 4.58. The molecular weight excluding hydrogens is 260 g/mol. The van der Waals surface area contributed by atoms with Crippen molar-refractivity contribution in [3.63, 3.8) is 0 Å². The van der Waals surface area contributed by atoms with Crippen LogP contribution in [0.3, 0.4) is 0 Å². The van der Waals surface area contributed by atoms with Crippen LogP contribution in [0, 0.1) is 0 Å². The number of hydrogen-bond acceptors (Lipinski definition) is 3. The zero-order valence-electron chi connectivity index (χ0n) is 10.8. The van der Waals surface area contributed by atoms with E-state index in [0.717, 1.165) is 0 Å². The Kier molecular flexibility index (Phi) is 4.19. The van der Waals surface area contributed by atoms with Crippen LogP contribution in [0.25, 0.3) is 0 Å². The van der Waals surface area contributed by atoms with E-state index < -0.39 is 6.03 Å². The molecule has 20 heavy (non-hydrogen) atoms. The van der Waals surface area contributed by atoms with Gasteiger partial charge >= 0.3 is 6.03 Å². The topological polar surface area (TPSA) is 113 Å². The third-order valence-corrected chi connectivity index (χ3v) is 3.02. The molecule has 5 N–H and O–H groups in total. The van der Waals surface area contributed by atoms with E-state index >= 15 is 0 Å². The molecule has 0 bridgehead atoms. The van der Waals surface area contributed by atoms with Gasteiger partial charge in [0.1, 0.15) is 0 Å². The fourth-order valence-electron chi connectivity index (χ4n) is 1.97. The van der Waals surface area contributed by atoms with E-state index in [4.69, 9.17) is 5.73 Å². The lowest BCUT2D eigenvalue weighted by atomic mass is 10.1. The molecule has 1 aromatic rings. The molecular formula is C13H16N4O3. The maximum Gasteiger partial charge on any atom is 0.316 e. The number of primary amides is 1. The number of hydrogen-bond donors (Lipinski definition) is 4. The lowest BCUT2D eigenvalue weighted by Gasteiger charge is -2.23.